The fourth-order valence-electron chi connectivity index (χ4n) is 2.71. The van der Waals surface area contributed by atoms with Crippen molar-refractivity contribution in [3.8, 4) is 22.5 Å². The van der Waals surface area contributed by atoms with Gasteiger partial charge in [-0.1, -0.05) is 72.4 Å². The van der Waals surface area contributed by atoms with Crippen LogP contribution in [0.4, 0.5) is 0 Å². The fraction of sp³-hybridized carbons (Fsp3) is 0.100. The molecule has 1 N–H and O–H groups in total. The van der Waals surface area contributed by atoms with Gasteiger partial charge in [0.15, 0.2) is 5.16 Å². The summed E-state index contributed by atoms with van der Waals surface area (Å²) in [4.78, 5) is 8.35. The van der Waals surface area contributed by atoms with Gasteiger partial charge in [0.1, 0.15) is 0 Å². The van der Waals surface area contributed by atoms with Crippen LogP contribution in [0.25, 0.3) is 22.5 Å². The summed E-state index contributed by atoms with van der Waals surface area (Å²) in [6, 6.07) is 22.6. The molecule has 0 atom stereocenters. The van der Waals surface area contributed by atoms with E-state index in [0.29, 0.717) is 0 Å². The number of nitrogens with one attached hydrogen (secondary N) is 1. The van der Waals surface area contributed by atoms with E-state index in [-0.39, 0.29) is 0 Å². The van der Waals surface area contributed by atoms with Crippen molar-refractivity contribution in [1.29, 1.82) is 0 Å². The number of nitrogens with zero attached hydrogens (tertiary/aromatic N) is 3. The molecule has 0 saturated heterocycles. The molecule has 0 fully saturated rings. The van der Waals surface area contributed by atoms with Crippen LogP contribution in [0.1, 0.15) is 0 Å². The van der Waals surface area contributed by atoms with E-state index in [2.05, 4.69) is 46.5 Å². The molecule has 0 unspecified atom stereocenters. The van der Waals surface area contributed by atoms with Crippen molar-refractivity contribution in [2.75, 3.05) is 5.75 Å². The van der Waals surface area contributed by atoms with Crippen molar-refractivity contribution >= 4 is 11.8 Å². The molecular formula is C20H18N4S. The minimum atomic E-state index is 0.861. The van der Waals surface area contributed by atoms with Crippen LogP contribution in [-0.2, 0) is 6.54 Å². The maximum atomic E-state index is 4.85. The van der Waals surface area contributed by atoms with Crippen LogP contribution < -0.4 is 0 Å². The maximum absolute atomic E-state index is 4.85. The third-order valence-corrected chi connectivity index (χ3v) is 4.76. The van der Waals surface area contributed by atoms with Crippen molar-refractivity contribution in [3.05, 3.63) is 79.1 Å². The van der Waals surface area contributed by atoms with Crippen LogP contribution in [-0.4, -0.2) is 25.5 Å². The molecule has 4 nitrogen and oxygen atoms in total. The van der Waals surface area contributed by atoms with Gasteiger partial charge in [-0.15, -0.1) is 0 Å². The molecule has 4 aromatic rings. The summed E-state index contributed by atoms with van der Waals surface area (Å²) in [5, 5.41) is 5.17. The molecule has 2 heterocycles. The lowest BCUT2D eigenvalue weighted by Gasteiger charge is -2.02. The second-order valence-electron chi connectivity index (χ2n) is 5.62. The van der Waals surface area contributed by atoms with Crippen molar-refractivity contribution in [1.82, 2.24) is 19.7 Å². The largest absolute Gasteiger partial charge is 0.332 e. The van der Waals surface area contributed by atoms with Gasteiger partial charge < -0.3 is 4.98 Å². The van der Waals surface area contributed by atoms with Crippen LogP contribution in [0.5, 0.6) is 0 Å². The molecule has 2 aromatic heterocycles. The minimum absolute atomic E-state index is 0.861. The summed E-state index contributed by atoms with van der Waals surface area (Å²) >= 11 is 1.72. The number of hydrogen-bond donors (Lipinski definition) is 1. The van der Waals surface area contributed by atoms with Crippen molar-refractivity contribution in [2.45, 2.75) is 11.7 Å². The Hall–Kier alpha value is -2.79. The molecule has 0 spiro atoms. The number of H-pyrrole nitrogens is 1. The number of aryl methyl sites for hydroxylation is 1. The smallest absolute Gasteiger partial charge is 0.166 e. The number of aromatic amines is 1. The molecule has 2 aromatic carbocycles. The van der Waals surface area contributed by atoms with Crippen LogP contribution in [0.2, 0.25) is 0 Å². The predicted molar refractivity (Wildman–Crippen MR) is 102 cm³/mol. The Labute approximate surface area is 150 Å². The zero-order chi connectivity index (χ0) is 16.9. The van der Waals surface area contributed by atoms with Gasteiger partial charge in [-0.2, -0.15) is 5.10 Å². The number of imidazole rings is 1. The fourth-order valence-corrected chi connectivity index (χ4v) is 3.51. The zero-order valence-electron chi connectivity index (χ0n) is 13.7. The lowest BCUT2D eigenvalue weighted by molar-refractivity contribution is 0.666. The SMILES string of the molecule is c1ccc(-c2nc(SCCn3cccn3)[nH]c2-c2ccccc2)cc1. The van der Waals surface area contributed by atoms with E-state index >= 15 is 0 Å². The highest BCUT2D eigenvalue weighted by Crippen LogP contribution is 2.32. The van der Waals surface area contributed by atoms with Crippen molar-refractivity contribution < 1.29 is 0 Å². The minimum Gasteiger partial charge on any atom is -0.332 e. The Morgan fingerprint density at radius 3 is 2.28 bits per heavy atom. The molecule has 25 heavy (non-hydrogen) atoms. The standard InChI is InChI=1S/C20H18N4S/c1-3-8-16(9-4-1)18-19(17-10-5-2-6-11-17)23-20(22-18)25-15-14-24-13-7-12-21-24/h1-13H,14-15H2,(H,22,23). The number of thioether (sulfide) groups is 1. The monoisotopic (exact) mass is 346 g/mol. The second kappa shape index (κ2) is 7.40. The summed E-state index contributed by atoms with van der Waals surface area (Å²) in [6.07, 6.45) is 3.78. The normalized spacial score (nSPS) is 10.9. The third-order valence-electron chi connectivity index (χ3n) is 3.91. The molecule has 0 aliphatic heterocycles. The van der Waals surface area contributed by atoms with Gasteiger partial charge in [-0.25, -0.2) is 4.98 Å². The number of benzene rings is 2. The molecule has 0 aliphatic carbocycles. The van der Waals surface area contributed by atoms with Gasteiger partial charge in [0, 0.05) is 29.3 Å². The van der Waals surface area contributed by atoms with E-state index in [4.69, 9.17) is 4.98 Å². The first-order valence-corrected chi connectivity index (χ1v) is 9.20. The first-order chi connectivity index (χ1) is 12.4. The number of rotatable bonds is 6. The van der Waals surface area contributed by atoms with E-state index in [0.717, 1.165) is 40.0 Å². The van der Waals surface area contributed by atoms with Gasteiger partial charge in [-0.3, -0.25) is 4.68 Å². The Kier molecular flexibility index (Phi) is 4.65. The average molecular weight is 346 g/mol. The highest BCUT2D eigenvalue weighted by Gasteiger charge is 2.14. The Balaban J connectivity index is 1.61. The van der Waals surface area contributed by atoms with Gasteiger partial charge >= 0.3 is 0 Å². The molecule has 0 radical (unpaired) electrons. The van der Waals surface area contributed by atoms with Crippen molar-refractivity contribution in [2.24, 2.45) is 0 Å². The highest BCUT2D eigenvalue weighted by atomic mass is 32.2. The predicted octanol–water partition coefficient (Wildman–Crippen LogP) is 4.73. The van der Waals surface area contributed by atoms with Gasteiger partial charge in [-0.05, 0) is 6.07 Å². The summed E-state index contributed by atoms with van der Waals surface area (Å²) in [5.41, 5.74) is 4.33. The molecule has 5 heteroatoms. The lowest BCUT2D eigenvalue weighted by Crippen LogP contribution is -2.00. The maximum Gasteiger partial charge on any atom is 0.166 e. The summed E-state index contributed by atoms with van der Waals surface area (Å²) in [7, 11) is 0. The quantitative estimate of drug-likeness (QED) is 0.513. The van der Waals surface area contributed by atoms with Crippen LogP contribution in [0, 0.1) is 0 Å². The Bertz CT molecular complexity index is 858. The third kappa shape index (κ3) is 3.67. The topological polar surface area (TPSA) is 46.5 Å². The molecular weight excluding hydrogens is 328 g/mol. The summed E-state index contributed by atoms with van der Waals surface area (Å²) in [5.74, 6) is 0.914. The van der Waals surface area contributed by atoms with Crippen LogP contribution in [0.3, 0.4) is 0 Å². The highest BCUT2D eigenvalue weighted by molar-refractivity contribution is 7.99. The molecule has 0 amide bonds. The summed E-state index contributed by atoms with van der Waals surface area (Å²) < 4.78 is 1.94. The van der Waals surface area contributed by atoms with Crippen molar-refractivity contribution in [3.63, 3.8) is 0 Å². The van der Waals surface area contributed by atoms with E-state index in [9.17, 15) is 0 Å². The first kappa shape index (κ1) is 15.7. The van der Waals surface area contributed by atoms with Crippen LogP contribution >= 0.6 is 11.8 Å². The van der Waals surface area contributed by atoms with Gasteiger partial charge in [0.25, 0.3) is 0 Å². The number of aromatic nitrogens is 4. The van der Waals surface area contributed by atoms with E-state index in [1.807, 2.05) is 41.2 Å². The molecule has 0 aliphatic rings. The van der Waals surface area contributed by atoms with Gasteiger partial charge in [0.2, 0.25) is 0 Å². The number of hydrogen-bond acceptors (Lipinski definition) is 3. The van der Waals surface area contributed by atoms with Crippen LogP contribution in [0.15, 0.2) is 84.3 Å². The van der Waals surface area contributed by atoms with Gasteiger partial charge in [0.05, 0.1) is 17.9 Å². The van der Waals surface area contributed by atoms with E-state index < -0.39 is 0 Å². The molecule has 0 bridgehead atoms. The van der Waals surface area contributed by atoms with E-state index in [1.54, 1.807) is 18.0 Å². The molecule has 0 saturated carbocycles. The zero-order valence-corrected chi connectivity index (χ0v) is 14.5. The molecule has 124 valence electrons. The Morgan fingerprint density at radius 1 is 0.880 bits per heavy atom. The first-order valence-electron chi connectivity index (χ1n) is 8.21. The average Bonchev–Trinajstić information content (AvgIpc) is 3.33. The summed E-state index contributed by atoms with van der Waals surface area (Å²) in [6.45, 7) is 0.861. The Morgan fingerprint density at radius 2 is 1.60 bits per heavy atom. The molecule has 4 rings (SSSR count). The second-order valence-corrected chi connectivity index (χ2v) is 6.70. The van der Waals surface area contributed by atoms with E-state index in [1.165, 1.54) is 0 Å². The lowest BCUT2D eigenvalue weighted by atomic mass is 10.1.